The summed E-state index contributed by atoms with van der Waals surface area (Å²) in [5.41, 5.74) is 1.74. The van der Waals surface area contributed by atoms with Crippen molar-refractivity contribution in [2.75, 3.05) is 36.5 Å². The van der Waals surface area contributed by atoms with Crippen molar-refractivity contribution in [3.05, 3.63) is 42.2 Å². The van der Waals surface area contributed by atoms with E-state index in [0.717, 1.165) is 48.0 Å². The van der Waals surface area contributed by atoms with E-state index in [9.17, 15) is 4.79 Å². The van der Waals surface area contributed by atoms with Crippen LogP contribution in [-0.4, -0.2) is 47.2 Å². The Bertz CT molecular complexity index is 1040. The van der Waals surface area contributed by atoms with Gasteiger partial charge in [0.05, 0.1) is 17.8 Å². The first-order valence-corrected chi connectivity index (χ1v) is 10.8. The molecule has 0 spiro atoms. The average Bonchev–Trinajstić information content (AvgIpc) is 3.28. The van der Waals surface area contributed by atoms with Crippen molar-refractivity contribution in [2.45, 2.75) is 12.8 Å². The highest BCUT2D eigenvalue weighted by atomic mass is 32.1. The van der Waals surface area contributed by atoms with Gasteiger partial charge in [-0.05, 0) is 31.0 Å². The number of benzene rings is 1. The molecule has 4 heterocycles. The fourth-order valence-corrected chi connectivity index (χ4v) is 4.45. The third kappa shape index (κ3) is 3.93. The second-order valence-electron chi connectivity index (χ2n) is 7.23. The molecule has 2 aliphatic heterocycles. The SMILES string of the molecule is O=C(Nc1nc(-c2ccc3c(c2)OCCO3)cs1)[C@@H]1CCCN(c2cnccn2)C1. The molecule has 2 aliphatic rings. The van der Waals surface area contributed by atoms with E-state index < -0.39 is 0 Å². The number of nitrogens with zero attached hydrogens (tertiary/aromatic N) is 4. The van der Waals surface area contributed by atoms with Crippen LogP contribution < -0.4 is 19.7 Å². The summed E-state index contributed by atoms with van der Waals surface area (Å²) in [7, 11) is 0. The summed E-state index contributed by atoms with van der Waals surface area (Å²) < 4.78 is 11.2. The number of thiazole rings is 1. The molecule has 1 aromatic carbocycles. The molecule has 1 atom stereocenters. The van der Waals surface area contributed by atoms with Crippen LogP contribution in [0.5, 0.6) is 11.5 Å². The Kier molecular flexibility index (Phi) is 5.18. The van der Waals surface area contributed by atoms with E-state index in [1.54, 1.807) is 18.6 Å². The summed E-state index contributed by atoms with van der Waals surface area (Å²) in [6.45, 7) is 2.62. The number of carbonyl (C=O) groups excluding carboxylic acids is 1. The van der Waals surface area contributed by atoms with E-state index in [1.165, 1.54) is 11.3 Å². The molecule has 1 saturated heterocycles. The molecule has 30 heavy (non-hydrogen) atoms. The van der Waals surface area contributed by atoms with Crippen molar-refractivity contribution in [3.8, 4) is 22.8 Å². The van der Waals surface area contributed by atoms with Crippen LogP contribution in [0.2, 0.25) is 0 Å². The lowest BCUT2D eigenvalue weighted by Gasteiger charge is -2.32. The zero-order valence-corrected chi connectivity index (χ0v) is 17.1. The lowest BCUT2D eigenvalue weighted by molar-refractivity contribution is -0.120. The van der Waals surface area contributed by atoms with Crippen molar-refractivity contribution in [2.24, 2.45) is 5.92 Å². The lowest BCUT2D eigenvalue weighted by atomic mass is 9.97. The average molecular weight is 423 g/mol. The first kappa shape index (κ1) is 18.8. The molecule has 9 heteroatoms. The lowest BCUT2D eigenvalue weighted by Crippen LogP contribution is -2.41. The van der Waals surface area contributed by atoms with Crippen LogP contribution in [0.4, 0.5) is 10.9 Å². The molecule has 154 valence electrons. The maximum atomic E-state index is 12.8. The van der Waals surface area contributed by atoms with Crippen molar-refractivity contribution in [1.82, 2.24) is 15.0 Å². The molecule has 1 fully saturated rings. The number of hydrogen-bond donors (Lipinski definition) is 1. The van der Waals surface area contributed by atoms with Crippen LogP contribution >= 0.6 is 11.3 Å². The molecule has 0 unspecified atom stereocenters. The number of amides is 1. The van der Waals surface area contributed by atoms with Gasteiger partial charge in [-0.15, -0.1) is 11.3 Å². The summed E-state index contributed by atoms with van der Waals surface area (Å²) in [5, 5.41) is 5.52. The topological polar surface area (TPSA) is 89.5 Å². The first-order chi connectivity index (χ1) is 14.8. The zero-order chi connectivity index (χ0) is 20.3. The fraction of sp³-hybridized carbons (Fsp3) is 0.333. The summed E-state index contributed by atoms with van der Waals surface area (Å²) in [4.78, 5) is 28.0. The van der Waals surface area contributed by atoms with E-state index in [1.807, 2.05) is 23.6 Å². The summed E-state index contributed by atoms with van der Waals surface area (Å²) in [6, 6.07) is 5.77. The van der Waals surface area contributed by atoms with Gasteiger partial charge >= 0.3 is 0 Å². The number of anilines is 2. The highest BCUT2D eigenvalue weighted by Gasteiger charge is 2.27. The highest BCUT2D eigenvalue weighted by Crippen LogP contribution is 2.35. The maximum absolute atomic E-state index is 12.8. The minimum atomic E-state index is -0.109. The molecular weight excluding hydrogens is 402 g/mol. The number of carbonyl (C=O) groups is 1. The summed E-state index contributed by atoms with van der Waals surface area (Å²) in [5.74, 6) is 2.17. The van der Waals surface area contributed by atoms with E-state index in [-0.39, 0.29) is 11.8 Å². The molecule has 1 N–H and O–H groups in total. The minimum absolute atomic E-state index is 0.00772. The Morgan fingerprint density at radius 2 is 2.10 bits per heavy atom. The van der Waals surface area contributed by atoms with Gasteiger partial charge in [0.2, 0.25) is 5.91 Å². The van der Waals surface area contributed by atoms with Crippen LogP contribution in [0.25, 0.3) is 11.3 Å². The van der Waals surface area contributed by atoms with E-state index in [2.05, 4.69) is 25.2 Å². The number of rotatable bonds is 4. The molecule has 8 nitrogen and oxygen atoms in total. The number of fused-ring (bicyclic) bond motifs is 1. The Labute approximate surface area is 177 Å². The van der Waals surface area contributed by atoms with Crippen molar-refractivity contribution < 1.29 is 14.3 Å². The Morgan fingerprint density at radius 3 is 2.97 bits per heavy atom. The van der Waals surface area contributed by atoms with Gasteiger partial charge in [0.25, 0.3) is 0 Å². The van der Waals surface area contributed by atoms with Gasteiger partial charge in [-0.1, -0.05) is 0 Å². The second kappa shape index (κ2) is 8.27. The molecule has 1 amide bonds. The largest absolute Gasteiger partial charge is 0.486 e. The van der Waals surface area contributed by atoms with Crippen LogP contribution in [0.15, 0.2) is 42.2 Å². The molecular formula is C21H21N5O3S. The molecule has 5 rings (SSSR count). The van der Waals surface area contributed by atoms with Gasteiger partial charge in [0.1, 0.15) is 19.0 Å². The molecule has 3 aromatic rings. The Morgan fingerprint density at radius 1 is 1.20 bits per heavy atom. The molecule has 2 aromatic heterocycles. The Hall–Kier alpha value is -3.20. The predicted octanol–water partition coefficient (Wildman–Crippen LogP) is 3.23. The summed E-state index contributed by atoms with van der Waals surface area (Å²) >= 11 is 1.42. The predicted molar refractivity (Wildman–Crippen MR) is 114 cm³/mol. The zero-order valence-electron chi connectivity index (χ0n) is 16.3. The second-order valence-corrected chi connectivity index (χ2v) is 8.09. The van der Waals surface area contributed by atoms with Gasteiger partial charge in [0, 0.05) is 36.4 Å². The highest BCUT2D eigenvalue weighted by molar-refractivity contribution is 7.14. The van der Waals surface area contributed by atoms with Gasteiger partial charge in [-0.2, -0.15) is 0 Å². The van der Waals surface area contributed by atoms with E-state index >= 15 is 0 Å². The minimum Gasteiger partial charge on any atom is -0.486 e. The number of nitrogens with one attached hydrogen (secondary N) is 1. The monoisotopic (exact) mass is 423 g/mol. The van der Waals surface area contributed by atoms with Crippen LogP contribution in [0, 0.1) is 5.92 Å². The number of hydrogen-bond acceptors (Lipinski definition) is 8. The van der Waals surface area contributed by atoms with Crippen molar-refractivity contribution >= 4 is 28.2 Å². The molecule has 0 aliphatic carbocycles. The number of aromatic nitrogens is 3. The third-order valence-corrected chi connectivity index (χ3v) is 6.00. The first-order valence-electron chi connectivity index (χ1n) is 9.93. The van der Waals surface area contributed by atoms with Gasteiger partial charge in [0.15, 0.2) is 16.6 Å². The van der Waals surface area contributed by atoms with E-state index in [4.69, 9.17) is 9.47 Å². The van der Waals surface area contributed by atoms with Crippen LogP contribution in [0.3, 0.4) is 0 Å². The molecule has 0 saturated carbocycles. The summed E-state index contributed by atoms with van der Waals surface area (Å²) in [6.07, 6.45) is 6.85. The number of ether oxygens (including phenoxy) is 2. The fourth-order valence-electron chi connectivity index (χ4n) is 3.73. The molecule has 0 bridgehead atoms. The normalized spacial score (nSPS) is 18.1. The number of piperidine rings is 1. The smallest absolute Gasteiger partial charge is 0.231 e. The van der Waals surface area contributed by atoms with Gasteiger partial charge in [-0.25, -0.2) is 9.97 Å². The van der Waals surface area contributed by atoms with Crippen LogP contribution in [-0.2, 0) is 4.79 Å². The third-order valence-electron chi connectivity index (χ3n) is 5.24. The van der Waals surface area contributed by atoms with E-state index in [0.29, 0.717) is 24.9 Å². The Balaban J connectivity index is 1.25. The standard InChI is InChI=1S/C21H21N5O3S/c27-20(15-2-1-7-26(12-15)19-11-22-5-6-23-19)25-21-24-16(13-30-21)14-3-4-17-18(10-14)29-9-8-28-17/h3-6,10-11,13,15H,1-2,7-9,12H2,(H,24,25,27)/t15-/m1/s1. The molecule has 0 radical (unpaired) electrons. The maximum Gasteiger partial charge on any atom is 0.231 e. The van der Waals surface area contributed by atoms with Gasteiger partial charge in [-0.3, -0.25) is 9.78 Å². The quantitative estimate of drug-likeness (QED) is 0.689. The van der Waals surface area contributed by atoms with Gasteiger partial charge < -0.3 is 19.7 Å². The van der Waals surface area contributed by atoms with Crippen LogP contribution in [0.1, 0.15) is 12.8 Å². The van der Waals surface area contributed by atoms with Crippen molar-refractivity contribution in [1.29, 1.82) is 0 Å². The van der Waals surface area contributed by atoms with Crippen molar-refractivity contribution in [3.63, 3.8) is 0 Å².